The lowest BCUT2D eigenvalue weighted by atomic mass is 9.68. The van der Waals surface area contributed by atoms with E-state index in [-0.39, 0.29) is 16.7 Å². The van der Waals surface area contributed by atoms with Crippen molar-refractivity contribution in [3.8, 4) is 0 Å². The monoisotopic (exact) mass is 270 g/mol. The first-order chi connectivity index (χ1) is 9.47. The first-order valence-corrected chi connectivity index (χ1v) is 7.35. The SMILES string of the molecule is C=C1C2(C(=O)NCc3ccccn3)CCC(C2)C1(C)C. The van der Waals surface area contributed by atoms with Gasteiger partial charge in [-0.2, -0.15) is 0 Å². The molecule has 0 spiro atoms. The summed E-state index contributed by atoms with van der Waals surface area (Å²) in [6.45, 7) is 9.22. The van der Waals surface area contributed by atoms with Crippen LogP contribution in [0.2, 0.25) is 0 Å². The standard InChI is InChI=1S/C17H22N2O/c1-12-16(2,3)13-7-8-17(12,10-13)15(20)19-11-14-6-4-5-9-18-14/h4-6,9,13H,1,7-8,10-11H2,2-3H3,(H,19,20). The molecule has 3 heteroatoms. The van der Waals surface area contributed by atoms with E-state index in [1.54, 1.807) is 6.20 Å². The lowest BCUT2D eigenvalue weighted by molar-refractivity contribution is -0.128. The van der Waals surface area contributed by atoms with Gasteiger partial charge in [0.15, 0.2) is 0 Å². The topological polar surface area (TPSA) is 42.0 Å². The van der Waals surface area contributed by atoms with Crippen LogP contribution in [0.5, 0.6) is 0 Å². The highest BCUT2D eigenvalue weighted by Crippen LogP contribution is 2.65. The lowest BCUT2D eigenvalue weighted by Gasteiger charge is -2.37. The summed E-state index contributed by atoms with van der Waals surface area (Å²) >= 11 is 0. The van der Waals surface area contributed by atoms with Gasteiger partial charge in [-0.05, 0) is 42.7 Å². The summed E-state index contributed by atoms with van der Waals surface area (Å²) in [4.78, 5) is 16.9. The lowest BCUT2D eigenvalue weighted by Crippen LogP contribution is -2.41. The largest absolute Gasteiger partial charge is 0.350 e. The molecular weight excluding hydrogens is 248 g/mol. The molecule has 3 nitrogen and oxygen atoms in total. The molecule has 2 saturated carbocycles. The van der Waals surface area contributed by atoms with Gasteiger partial charge in [0.25, 0.3) is 0 Å². The molecular formula is C17H22N2O. The number of nitrogens with zero attached hydrogens (tertiary/aromatic N) is 1. The molecule has 20 heavy (non-hydrogen) atoms. The summed E-state index contributed by atoms with van der Waals surface area (Å²) in [6, 6.07) is 5.76. The van der Waals surface area contributed by atoms with Gasteiger partial charge in [0, 0.05) is 6.20 Å². The molecule has 1 N–H and O–H groups in total. The third-order valence-electron chi connectivity index (χ3n) is 5.48. The summed E-state index contributed by atoms with van der Waals surface area (Å²) in [5.74, 6) is 0.747. The Morgan fingerprint density at radius 1 is 1.50 bits per heavy atom. The second-order valence-corrected chi connectivity index (χ2v) is 6.73. The van der Waals surface area contributed by atoms with Crippen LogP contribution in [0.4, 0.5) is 0 Å². The maximum Gasteiger partial charge on any atom is 0.230 e. The molecule has 2 aliphatic rings. The Hall–Kier alpha value is -1.64. The zero-order chi connectivity index (χ0) is 14.4. The minimum absolute atomic E-state index is 0.0978. The van der Waals surface area contributed by atoms with Gasteiger partial charge in [0.1, 0.15) is 0 Å². The zero-order valence-corrected chi connectivity index (χ0v) is 12.3. The van der Waals surface area contributed by atoms with Crippen LogP contribution in [0.3, 0.4) is 0 Å². The Balaban J connectivity index is 1.73. The van der Waals surface area contributed by atoms with E-state index in [2.05, 4.69) is 30.7 Å². The van der Waals surface area contributed by atoms with Crippen molar-refractivity contribution in [3.05, 3.63) is 42.2 Å². The van der Waals surface area contributed by atoms with Gasteiger partial charge in [0.05, 0.1) is 17.7 Å². The minimum Gasteiger partial charge on any atom is -0.350 e. The van der Waals surface area contributed by atoms with Crippen LogP contribution < -0.4 is 5.32 Å². The number of rotatable bonds is 3. The fourth-order valence-electron chi connectivity index (χ4n) is 3.98. The molecule has 2 atom stereocenters. The summed E-state index contributed by atoms with van der Waals surface area (Å²) in [5.41, 5.74) is 1.79. The number of carbonyl (C=O) groups is 1. The number of hydrogen-bond donors (Lipinski definition) is 1. The van der Waals surface area contributed by atoms with Gasteiger partial charge >= 0.3 is 0 Å². The van der Waals surface area contributed by atoms with Crippen LogP contribution >= 0.6 is 0 Å². The third-order valence-corrected chi connectivity index (χ3v) is 5.48. The maximum absolute atomic E-state index is 12.7. The predicted octanol–water partition coefficient (Wildman–Crippen LogP) is 3.08. The number of pyridine rings is 1. The summed E-state index contributed by atoms with van der Waals surface area (Å²) in [5, 5.41) is 3.07. The van der Waals surface area contributed by atoms with E-state index in [0.29, 0.717) is 12.5 Å². The van der Waals surface area contributed by atoms with Crippen molar-refractivity contribution < 1.29 is 4.79 Å². The van der Waals surface area contributed by atoms with Crippen LogP contribution in [0.25, 0.3) is 0 Å². The first-order valence-electron chi connectivity index (χ1n) is 7.35. The molecule has 1 aromatic heterocycles. The molecule has 106 valence electrons. The normalized spacial score (nSPS) is 30.5. The summed E-state index contributed by atoms with van der Waals surface area (Å²) in [7, 11) is 0. The van der Waals surface area contributed by atoms with E-state index in [1.165, 1.54) is 0 Å². The zero-order valence-electron chi connectivity index (χ0n) is 12.3. The number of hydrogen-bond acceptors (Lipinski definition) is 2. The van der Waals surface area contributed by atoms with E-state index in [4.69, 9.17) is 0 Å². The number of nitrogens with one attached hydrogen (secondary N) is 1. The molecule has 0 radical (unpaired) electrons. The first kappa shape index (κ1) is 13.3. The van der Waals surface area contributed by atoms with Crippen LogP contribution in [-0.2, 0) is 11.3 Å². The number of amides is 1. The number of aromatic nitrogens is 1. The van der Waals surface area contributed by atoms with E-state index in [1.807, 2.05) is 18.2 Å². The van der Waals surface area contributed by atoms with Gasteiger partial charge in [-0.1, -0.05) is 32.1 Å². The van der Waals surface area contributed by atoms with Crippen molar-refractivity contribution in [3.63, 3.8) is 0 Å². The summed E-state index contributed by atoms with van der Waals surface area (Å²) in [6.07, 6.45) is 4.81. The van der Waals surface area contributed by atoms with Crippen molar-refractivity contribution in [1.29, 1.82) is 0 Å². The van der Waals surface area contributed by atoms with Crippen LogP contribution in [-0.4, -0.2) is 10.9 Å². The highest BCUT2D eigenvalue weighted by molar-refractivity contribution is 5.87. The molecule has 0 aliphatic heterocycles. The maximum atomic E-state index is 12.7. The number of fused-ring (bicyclic) bond motifs is 2. The smallest absolute Gasteiger partial charge is 0.230 e. The van der Waals surface area contributed by atoms with E-state index >= 15 is 0 Å². The molecule has 2 bridgehead atoms. The molecule has 0 saturated heterocycles. The van der Waals surface area contributed by atoms with E-state index in [9.17, 15) is 4.79 Å². The highest BCUT2D eigenvalue weighted by Gasteiger charge is 2.60. The van der Waals surface area contributed by atoms with Crippen molar-refractivity contribution in [2.24, 2.45) is 16.7 Å². The molecule has 2 aliphatic carbocycles. The van der Waals surface area contributed by atoms with Crippen molar-refractivity contribution >= 4 is 5.91 Å². The predicted molar refractivity (Wildman–Crippen MR) is 78.8 cm³/mol. The second-order valence-electron chi connectivity index (χ2n) is 6.73. The quantitative estimate of drug-likeness (QED) is 0.858. The van der Waals surface area contributed by atoms with Gasteiger partial charge in [-0.15, -0.1) is 0 Å². The van der Waals surface area contributed by atoms with Crippen LogP contribution in [0.15, 0.2) is 36.5 Å². The average Bonchev–Trinajstić information content (AvgIpc) is 2.98. The molecule has 1 heterocycles. The third kappa shape index (κ3) is 1.80. The molecule has 3 rings (SSSR count). The molecule has 1 aromatic rings. The molecule has 2 unspecified atom stereocenters. The molecule has 0 aromatic carbocycles. The summed E-state index contributed by atoms with van der Waals surface area (Å²) < 4.78 is 0. The average molecular weight is 270 g/mol. The van der Waals surface area contributed by atoms with Crippen LogP contribution in [0.1, 0.15) is 38.8 Å². The van der Waals surface area contributed by atoms with Gasteiger partial charge < -0.3 is 5.32 Å². The minimum atomic E-state index is -0.330. The second kappa shape index (κ2) is 4.44. The Morgan fingerprint density at radius 2 is 2.30 bits per heavy atom. The fraction of sp³-hybridized carbons (Fsp3) is 0.529. The van der Waals surface area contributed by atoms with Crippen molar-refractivity contribution in [2.45, 2.75) is 39.7 Å². The van der Waals surface area contributed by atoms with Crippen molar-refractivity contribution in [1.82, 2.24) is 10.3 Å². The van der Waals surface area contributed by atoms with Gasteiger partial charge in [-0.25, -0.2) is 0 Å². The Bertz CT molecular complexity index is 549. The van der Waals surface area contributed by atoms with E-state index < -0.39 is 0 Å². The van der Waals surface area contributed by atoms with Gasteiger partial charge in [-0.3, -0.25) is 9.78 Å². The van der Waals surface area contributed by atoms with Crippen molar-refractivity contribution in [2.75, 3.05) is 0 Å². The number of carbonyl (C=O) groups excluding carboxylic acids is 1. The van der Waals surface area contributed by atoms with Gasteiger partial charge in [0.2, 0.25) is 5.91 Å². The van der Waals surface area contributed by atoms with E-state index in [0.717, 1.165) is 30.5 Å². The Kier molecular flexibility index (Phi) is 2.96. The molecule has 1 amide bonds. The van der Waals surface area contributed by atoms with Crippen LogP contribution in [0, 0.1) is 16.7 Å². The molecule has 2 fully saturated rings. The Labute approximate surface area is 120 Å². The fourth-order valence-corrected chi connectivity index (χ4v) is 3.98. The highest BCUT2D eigenvalue weighted by atomic mass is 16.2. The Morgan fingerprint density at radius 3 is 2.90 bits per heavy atom.